The highest BCUT2D eigenvalue weighted by Gasteiger charge is 2.51. The molecule has 5 rings (SSSR count). The van der Waals surface area contributed by atoms with Crippen LogP contribution >= 0.6 is 0 Å². The molecule has 4 saturated carbocycles. The maximum atomic E-state index is 12.7. The summed E-state index contributed by atoms with van der Waals surface area (Å²) >= 11 is 0. The summed E-state index contributed by atoms with van der Waals surface area (Å²) < 4.78 is 5.40. The molecule has 4 aliphatic rings. The average molecular weight is 413 g/mol. The number of ether oxygens (including phenoxy) is 1. The quantitative estimate of drug-likeness (QED) is 0.723. The lowest BCUT2D eigenvalue weighted by Gasteiger charge is -2.56. The number of esters is 1. The Morgan fingerprint density at radius 1 is 1.00 bits per heavy atom. The molecule has 2 N–H and O–H groups in total. The molecule has 0 radical (unpaired) electrons. The largest absolute Gasteiger partial charge is 0.452 e. The fourth-order valence-corrected chi connectivity index (χ4v) is 6.08. The number of amides is 3. The van der Waals surface area contributed by atoms with Crippen molar-refractivity contribution in [3.05, 3.63) is 35.9 Å². The molecular weight excluding hydrogens is 380 g/mol. The Kier molecular flexibility index (Phi) is 5.37. The minimum Gasteiger partial charge on any atom is -0.452 e. The Hall–Kier alpha value is -2.37. The molecule has 0 unspecified atom stereocenters. The zero-order valence-electron chi connectivity index (χ0n) is 18.1. The SMILES string of the molecule is C[C@@H](OC(=O)C(C)(C)c1ccccc1)C(=O)NC(=O)NC12CC3CC(CC(C3)C1)C2. The zero-order chi connectivity index (χ0) is 21.5. The molecule has 4 aliphatic carbocycles. The van der Waals surface area contributed by atoms with E-state index in [4.69, 9.17) is 4.74 Å². The van der Waals surface area contributed by atoms with Gasteiger partial charge in [-0.2, -0.15) is 0 Å². The fraction of sp³-hybridized carbons (Fsp3) is 0.625. The Balaban J connectivity index is 1.31. The van der Waals surface area contributed by atoms with Crippen molar-refractivity contribution < 1.29 is 19.1 Å². The summed E-state index contributed by atoms with van der Waals surface area (Å²) in [6.45, 7) is 5.01. The third kappa shape index (κ3) is 4.09. The fourth-order valence-electron chi connectivity index (χ4n) is 6.08. The van der Waals surface area contributed by atoms with E-state index >= 15 is 0 Å². The smallest absolute Gasteiger partial charge is 0.321 e. The van der Waals surface area contributed by atoms with Gasteiger partial charge in [0, 0.05) is 5.54 Å². The standard InChI is InChI=1S/C24H32N2O4/c1-15(30-21(28)23(2,3)19-7-5-4-6-8-19)20(27)25-22(29)26-24-12-16-9-17(13-24)11-18(10-16)14-24/h4-8,15-18H,9-14H2,1-3H3,(H2,25,26,27,29)/t15-,16?,17?,18?,24?/m1/s1. The maximum Gasteiger partial charge on any atom is 0.321 e. The molecule has 0 heterocycles. The highest BCUT2D eigenvalue weighted by molar-refractivity contribution is 5.97. The molecule has 6 heteroatoms. The van der Waals surface area contributed by atoms with Crippen LogP contribution in [0.15, 0.2) is 30.3 Å². The van der Waals surface area contributed by atoms with Crippen molar-refractivity contribution in [2.45, 2.75) is 76.4 Å². The maximum absolute atomic E-state index is 12.7. The molecule has 30 heavy (non-hydrogen) atoms. The topological polar surface area (TPSA) is 84.5 Å². The number of urea groups is 1. The van der Waals surface area contributed by atoms with Gasteiger partial charge in [-0.15, -0.1) is 0 Å². The van der Waals surface area contributed by atoms with E-state index in [0.717, 1.165) is 24.8 Å². The molecule has 3 amide bonds. The van der Waals surface area contributed by atoms with Crippen LogP contribution in [-0.4, -0.2) is 29.6 Å². The first-order valence-corrected chi connectivity index (χ1v) is 11.1. The van der Waals surface area contributed by atoms with Crippen LogP contribution in [0.5, 0.6) is 0 Å². The van der Waals surface area contributed by atoms with Gasteiger partial charge in [-0.3, -0.25) is 14.9 Å². The van der Waals surface area contributed by atoms with E-state index in [1.54, 1.807) is 13.8 Å². The summed E-state index contributed by atoms with van der Waals surface area (Å²) in [6.07, 6.45) is 5.83. The lowest BCUT2D eigenvalue weighted by molar-refractivity contribution is -0.159. The van der Waals surface area contributed by atoms with Gasteiger partial charge in [0.05, 0.1) is 5.41 Å². The predicted molar refractivity (Wildman–Crippen MR) is 113 cm³/mol. The van der Waals surface area contributed by atoms with Crippen LogP contribution in [0.25, 0.3) is 0 Å². The van der Waals surface area contributed by atoms with Crippen molar-refractivity contribution in [1.29, 1.82) is 0 Å². The highest BCUT2D eigenvalue weighted by atomic mass is 16.5. The molecule has 4 fully saturated rings. The van der Waals surface area contributed by atoms with Crippen LogP contribution in [-0.2, 0) is 19.7 Å². The van der Waals surface area contributed by atoms with E-state index in [-0.39, 0.29) is 5.54 Å². The Bertz CT molecular complexity index is 798. The van der Waals surface area contributed by atoms with Crippen molar-refractivity contribution in [2.75, 3.05) is 0 Å². The molecule has 0 spiro atoms. The Morgan fingerprint density at radius 2 is 1.53 bits per heavy atom. The number of rotatable bonds is 5. The summed E-state index contributed by atoms with van der Waals surface area (Å²) in [5.74, 6) is 0.999. The number of nitrogens with one attached hydrogen (secondary N) is 2. The second-order valence-corrected chi connectivity index (χ2v) is 10.2. The molecule has 0 aromatic heterocycles. The van der Waals surface area contributed by atoms with Gasteiger partial charge in [0.15, 0.2) is 6.10 Å². The summed E-state index contributed by atoms with van der Waals surface area (Å²) in [5.41, 5.74) is -0.256. The Labute approximate surface area is 178 Å². The molecule has 1 atom stereocenters. The van der Waals surface area contributed by atoms with Gasteiger partial charge in [-0.1, -0.05) is 30.3 Å². The monoisotopic (exact) mass is 412 g/mol. The second-order valence-electron chi connectivity index (χ2n) is 10.2. The van der Waals surface area contributed by atoms with Crippen LogP contribution < -0.4 is 10.6 Å². The van der Waals surface area contributed by atoms with Crippen LogP contribution in [0.2, 0.25) is 0 Å². The molecule has 1 aromatic carbocycles. The van der Waals surface area contributed by atoms with Gasteiger partial charge in [0.1, 0.15) is 0 Å². The van der Waals surface area contributed by atoms with Crippen LogP contribution in [0.3, 0.4) is 0 Å². The average Bonchev–Trinajstić information content (AvgIpc) is 2.66. The first-order chi connectivity index (χ1) is 14.2. The molecular formula is C24H32N2O4. The van der Waals surface area contributed by atoms with E-state index in [0.29, 0.717) is 17.8 Å². The third-order valence-corrected chi connectivity index (χ3v) is 7.31. The molecule has 4 bridgehead atoms. The van der Waals surface area contributed by atoms with Crippen molar-refractivity contribution in [1.82, 2.24) is 10.6 Å². The zero-order valence-corrected chi connectivity index (χ0v) is 18.1. The van der Waals surface area contributed by atoms with Gasteiger partial charge in [0.2, 0.25) is 0 Å². The lowest BCUT2D eigenvalue weighted by Crippen LogP contribution is -2.62. The molecule has 6 nitrogen and oxygen atoms in total. The third-order valence-electron chi connectivity index (χ3n) is 7.31. The minimum atomic E-state index is -1.05. The van der Waals surface area contributed by atoms with Crippen molar-refractivity contribution >= 4 is 17.9 Å². The van der Waals surface area contributed by atoms with Crippen molar-refractivity contribution in [3.8, 4) is 0 Å². The van der Waals surface area contributed by atoms with Gasteiger partial charge >= 0.3 is 12.0 Å². The van der Waals surface area contributed by atoms with E-state index in [1.165, 1.54) is 26.2 Å². The molecule has 162 valence electrons. The van der Waals surface area contributed by atoms with E-state index in [9.17, 15) is 14.4 Å². The summed E-state index contributed by atoms with van der Waals surface area (Å²) in [4.78, 5) is 37.7. The first-order valence-electron chi connectivity index (χ1n) is 11.1. The number of imide groups is 1. The number of benzene rings is 1. The number of carbonyl (C=O) groups is 3. The van der Waals surface area contributed by atoms with E-state index in [2.05, 4.69) is 10.6 Å². The summed E-state index contributed by atoms with van der Waals surface area (Å²) in [5, 5.41) is 5.49. The van der Waals surface area contributed by atoms with Gasteiger partial charge < -0.3 is 10.1 Å². The predicted octanol–water partition coefficient (Wildman–Crippen LogP) is 3.69. The van der Waals surface area contributed by atoms with Crippen molar-refractivity contribution in [2.24, 2.45) is 17.8 Å². The van der Waals surface area contributed by atoms with Crippen LogP contribution in [0.4, 0.5) is 4.79 Å². The van der Waals surface area contributed by atoms with Crippen LogP contribution in [0.1, 0.15) is 64.9 Å². The summed E-state index contributed by atoms with van der Waals surface area (Å²) in [6, 6.07) is 8.82. The van der Waals surface area contributed by atoms with Crippen molar-refractivity contribution in [3.63, 3.8) is 0 Å². The highest BCUT2D eigenvalue weighted by Crippen LogP contribution is 2.55. The van der Waals surface area contributed by atoms with Gasteiger partial charge in [0.25, 0.3) is 5.91 Å². The number of hydrogen-bond acceptors (Lipinski definition) is 4. The molecule has 0 aliphatic heterocycles. The summed E-state index contributed by atoms with van der Waals surface area (Å²) in [7, 11) is 0. The normalized spacial score (nSPS) is 30.4. The second kappa shape index (κ2) is 7.71. The lowest BCUT2D eigenvalue weighted by atomic mass is 9.53. The van der Waals surface area contributed by atoms with Crippen LogP contribution in [0, 0.1) is 17.8 Å². The Morgan fingerprint density at radius 3 is 2.07 bits per heavy atom. The minimum absolute atomic E-state index is 0.172. The van der Waals surface area contributed by atoms with Gasteiger partial charge in [-0.25, -0.2) is 4.79 Å². The van der Waals surface area contributed by atoms with Gasteiger partial charge in [-0.05, 0) is 82.6 Å². The first kappa shape index (κ1) is 20.9. The number of carbonyl (C=O) groups excluding carboxylic acids is 3. The number of hydrogen-bond donors (Lipinski definition) is 2. The molecule has 0 saturated heterocycles. The van der Waals surface area contributed by atoms with E-state index in [1.807, 2.05) is 30.3 Å². The molecule has 1 aromatic rings. The van der Waals surface area contributed by atoms with E-state index < -0.39 is 29.4 Å².